The van der Waals surface area contributed by atoms with E-state index in [4.69, 9.17) is 9.05 Å². The van der Waals surface area contributed by atoms with Crippen LogP contribution >= 0.6 is 7.60 Å². The molecular weight excluding hydrogens is 287 g/mol. The highest BCUT2D eigenvalue weighted by atomic mass is 31.2. The van der Waals surface area contributed by atoms with E-state index in [0.29, 0.717) is 12.6 Å². The second kappa shape index (κ2) is 7.77. The fourth-order valence-corrected chi connectivity index (χ4v) is 4.21. The van der Waals surface area contributed by atoms with Crippen molar-refractivity contribution < 1.29 is 18.4 Å². The highest BCUT2D eigenvalue weighted by Crippen LogP contribution is 2.55. The normalized spacial score (nSPS) is 25.0. The lowest BCUT2D eigenvalue weighted by Crippen LogP contribution is -2.15. The Morgan fingerprint density at radius 1 is 1.14 bits per heavy atom. The minimum atomic E-state index is -3.19. The molecule has 1 unspecified atom stereocenters. The molecule has 2 atom stereocenters. The maximum atomic E-state index is 12.3. The van der Waals surface area contributed by atoms with Gasteiger partial charge >= 0.3 is 13.6 Å². The van der Waals surface area contributed by atoms with Crippen molar-refractivity contribution >= 4 is 13.6 Å². The van der Waals surface area contributed by atoms with Gasteiger partial charge in [0.2, 0.25) is 0 Å². The van der Waals surface area contributed by atoms with Crippen molar-refractivity contribution in [2.45, 2.75) is 51.6 Å². The monoisotopic (exact) mass is 310 g/mol. The number of hydrogen-bond acceptors (Lipinski definition) is 4. The van der Waals surface area contributed by atoms with Gasteiger partial charge in [0, 0.05) is 0 Å². The lowest BCUT2D eigenvalue weighted by Gasteiger charge is -2.09. The predicted molar refractivity (Wildman–Crippen MR) is 82.3 cm³/mol. The zero-order valence-corrected chi connectivity index (χ0v) is 13.4. The number of hydrogen-bond donors (Lipinski definition) is 0. The Balaban J connectivity index is 1.73. The molecule has 1 saturated heterocycles. The van der Waals surface area contributed by atoms with Crippen LogP contribution in [0.5, 0.6) is 0 Å². The number of carbonyl (C=O) groups excluding carboxylic acids is 1. The van der Waals surface area contributed by atoms with Gasteiger partial charge in [0.05, 0.1) is 6.16 Å². The molecule has 0 amide bonds. The highest BCUT2D eigenvalue weighted by molar-refractivity contribution is 7.54. The van der Waals surface area contributed by atoms with E-state index in [1.165, 1.54) is 5.56 Å². The van der Waals surface area contributed by atoms with Gasteiger partial charge in [-0.2, -0.15) is 0 Å². The number of carbonyl (C=O) groups is 1. The Bertz CT molecular complexity index is 500. The molecule has 1 aliphatic heterocycles. The summed E-state index contributed by atoms with van der Waals surface area (Å²) in [5.74, 6) is -0.449. The summed E-state index contributed by atoms with van der Waals surface area (Å²) in [6.07, 6.45) is 4.76. The molecule has 0 spiro atoms. The van der Waals surface area contributed by atoms with Crippen molar-refractivity contribution in [3.63, 3.8) is 0 Å². The maximum absolute atomic E-state index is 12.3. The fraction of sp³-hybridized carbons (Fsp3) is 0.562. The van der Waals surface area contributed by atoms with Crippen LogP contribution in [0.4, 0.5) is 0 Å². The first-order valence-electron chi connectivity index (χ1n) is 7.68. The Morgan fingerprint density at radius 2 is 1.90 bits per heavy atom. The molecule has 2 rings (SSSR count). The van der Waals surface area contributed by atoms with Gasteiger partial charge < -0.3 is 4.52 Å². The lowest BCUT2D eigenvalue weighted by atomic mass is 10.1. The zero-order chi connectivity index (χ0) is 15.1. The minimum Gasteiger partial charge on any atom is -0.390 e. The number of benzene rings is 1. The van der Waals surface area contributed by atoms with Gasteiger partial charge in [-0.15, -0.1) is 0 Å². The molecule has 0 aromatic heterocycles. The zero-order valence-electron chi connectivity index (χ0n) is 12.5. The molecule has 0 bridgehead atoms. The Morgan fingerprint density at radius 3 is 2.62 bits per heavy atom. The van der Waals surface area contributed by atoms with Gasteiger partial charge in [-0.05, 0) is 31.2 Å². The smallest absolute Gasteiger partial charge is 0.382 e. The van der Waals surface area contributed by atoms with Gasteiger partial charge in [-0.3, -0.25) is 4.52 Å². The molecular formula is C16H23O4P. The van der Waals surface area contributed by atoms with E-state index < -0.39 is 19.7 Å². The van der Waals surface area contributed by atoms with E-state index in [0.717, 1.165) is 32.1 Å². The topological polar surface area (TPSA) is 52.6 Å². The minimum absolute atomic E-state index is 0.328. The highest BCUT2D eigenvalue weighted by Gasteiger charge is 2.43. The fourth-order valence-electron chi connectivity index (χ4n) is 2.39. The van der Waals surface area contributed by atoms with Crippen LogP contribution in [-0.2, 0) is 24.8 Å². The lowest BCUT2D eigenvalue weighted by molar-refractivity contribution is -0.136. The van der Waals surface area contributed by atoms with E-state index in [1.54, 1.807) is 0 Å². The van der Waals surface area contributed by atoms with Gasteiger partial charge in [0.1, 0.15) is 0 Å². The van der Waals surface area contributed by atoms with E-state index in [1.807, 2.05) is 25.1 Å². The van der Waals surface area contributed by atoms with Gasteiger partial charge in [-0.25, -0.2) is 9.36 Å². The van der Waals surface area contributed by atoms with Gasteiger partial charge in [0.25, 0.3) is 0 Å². The molecule has 0 radical (unpaired) electrons. The van der Waals surface area contributed by atoms with Crippen molar-refractivity contribution in [2.24, 2.45) is 0 Å². The Labute approximate surface area is 126 Å². The predicted octanol–water partition coefficient (Wildman–Crippen LogP) is 4.33. The summed E-state index contributed by atoms with van der Waals surface area (Å²) < 4.78 is 22.7. The molecule has 0 N–H and O–H groups in total. The van der Waals surface area contributed by atoms with Crippen LogP contribution in [-0.4, -0.2) is 18.2 Å². The molecule has 5 heteroatoms. The molecule has 1 aliphatic rings. The summed E-state index contributed by atoms with van der Waals surface area (Å²) in [7, 11) is -3.19. The molecule has 0 aliphatic carbocycles. The van der Waals surface area contributed by atoms with Crippen molar-refractivity contribution in [2.75, 3.05) is 6.16 Å². The van der Waals surface area contributed by atoms with Crippen molar-refractivity contribution in [1.82, 2.24) is 0 Å². The molecule has 1 fully saturated rings. The van der Waals surface area contributed by atoms with Crippen LogP contribution in [0.15, 0.2) is 30.3 Å². The third-order valence-electron chi connectivity index (χ3n) is 3.59. The van der Waals surface area contributed by atoms with Crippen LogP contribution in [0.25, 0.3) is 0 Å². The van der Waals surface area contributed by atoms with Crippen LogP contribution < -0.4 is 0 Å². The number of rotatable bonds is 8. The summed E-state index contributed by atoms with van der Waals surface area (Å²) >= 11 is 0. The van der Waals surface area contributed by atoms with E-state index in [2.05, 4.69) is 12.1 Å². The van der Waals surface area contributed by atoms with E-state index in [9.17, 15) is 9.36 Å². The average molecular weight is 310 g/mol. The third kappa shape index (κ3) is 4.98. The maximum Gasteiger partial charge on any atom is 0.382 e. The number of aryl methyl sites for hydroxylation is 1. The summed E-state index contributed by atoms with van der Waals surface area (Å²) in [4.78, 5) is 11.6. The van der Waals surface area contributed by atoms with Crippen molar-refractivity contribution in [3.8, 4) is 0 Å². The third-order valence-corrected chi connectivity index (χ3v) is 5.49. The average Bonchev–Trinajstić information content (AvgIpc) is 2.77. The Kier molecular flexibility index (Phi) is 6.01. The van der Waals surface area contributed by atoms with Crippen LogP contribution in [0.1, 0.15) is 44.6 Å². The summed E-state index contributed by atoms with van der Waals surface area (Å²) in [6, 6.07) is 10.2. The van der Waals surface area contributed by atoms with E-state index >= 15 is 0 Å². The first-order valence-corrected chi connectivity index (χ1v) is 9.40. The quantitative estimate of drug-likeness (QED) is 0.529. The van der Waals surface area contributed by atoms with Crippen LogP contribution in [0.3, 0.4) is 0 Å². The molecule has 1 heterocycles. The second-order valence-electron chi connectivity index (χ2n) is 5.42. The largest absolute Gasteiger partial charge is 0.390 e. The first kappa shape index (κ1) is 16.3. The molecule has 1 aromatic rings. The van der Waals surface area contributed by atoms with Gasteiger partial charge in [-0.1, -0.05) is 50.1 Å². The van der Waals surface area contributed by atoms with Gasteiger partial charge in [0.15, 0.2) is 6.10 Å². The first-order chi connectivity index (χ1) is 10.1. The SMILES string of the molecule is CCCC[C@@H]1OP(=O)(CCCCc2ccccc2)OC1=O. The molecule has 4 nitrogen and oxygen atoms in total. The van der Waals surface area contributed by atoms with Crippen LogP contribution in [0.2, 0.25) is 0 Å². The number of unbranched alkanes of at least 4 members (excludes halogenated alkanes) is 2. The van der Waals surface area contributed by atoms with Crippen LogP contribution in [0, 0.1) is 0 Å². The van der Waals surface area contributed by atoms with Crippen molar-refractivity contribution in [1.29, 1.82) is 0 Å². The summed E-state index contributed by atoms with van der Waals surface area (Å²) in [5, 5.41) is 0. The van der Waals surface area contributed by atoms with E-state index in [-0.39, 0.29) is 0 Å². The standard InChI is InChI=1S/C16H23O4P/c1-2-3-12-15-16(17)20-21(18,19-15)13-8-7-11-14-9-5-4-6-10-14/h4-6,9-10,15H,2-3,7-8,11-13H2,1H3/t15-,21?/m0/s1. The molecule has 0 saturated carbocycles. The summed E-state index contributed by atoms with van der Waals surface area (Å²) in [6.45, 7) is 2.05. The summed E-state index contributed by atoms with van der Waals surface area (Å²) in [5.41, 5.74) is 1.26. The van der Waals surface area contributed by atoms with Crippen molar-refractivity contribution in [3.05, 3.63) is 35.9 Å². The molecule has 21 heavy (non-hydrogen) atoms. The Hall–Kier alpha value is -1.12. The molecule has 116 valence electrons. The second-order valence-corrected chi connectivity index (χ2v) is 7.49. The molecule has 1 aromatic carbocycles.